The number of carbonyl (C=O) groups is 2. The lowest BCUT2D eigenvalue weighted by Gasteiger charge is -2.08. The Morgan fingerprint density at radius 1 is 1.31 bits per heavy atom. The molecule has 0 spiro atoms. The van der Waals surface area contributed by atoms with Gasteiger partial charge in [-0.25, -0.2) is 0 Å². The number of amides is 2. The van der Waals surface area contributed by atoms with Gasteiger partial charge in [0.05, 0.1) is 0 Å². The van der Waals surface area contributed by atoms with E-state index in [-0.39, 0.29) is 11.8 Å². The second-order valence-corrected chi connectivity index (χ2v) is 4.17. The van der Waals surface area contributed by atoms with E-state index in [0.29, 0.717) is 25.3 Å². The van der Waals surface area contributed by atoms with E-state index in [4.69, 9.17) is 0 Å². The SMILES string of the molecule is CNC(=O)CCNC(=O)CCC1CCNC1. The first-order valence-electron chi connectivity index (χ1n) is 5.90. The van der Waals surface area contributed by atoms with Crippen LogP contribution in [0.3, 0.4) is 0 Å². The zero-order valence-electron chi connectivity index (χ0n) is 9.84. The van der Waals surface area contributed by atoms with Crippen LogP contribution in [-0.4, -0.2) is 38.5 Å². The van der Waals surface area contributed by atoms with E-state index in [9.17, 15) is 9.59 Å². The maximum absolute atomic E-state index is 11.4. The molecule has 1 fully saturated rings. The molecular weight excluding hydrogens is 206 g/mol. The highest BCUT2D eigenvalue weighted by atomic mass is 16.2. The van der Waals surface area contributed by atoms with Crippen molar-refractivity contribution in [3.05, 3.63) is 0 Å². The van der Waals surface area contributed by atoms with Crippen molar-refractivity contribution >= 4 is 11.8 Å². The highest BCUT2D eigenvalue weighted by molar-refractivity contribution is 5.78. The first kappa shape index (κ1) is 13.0. The van der Waals surface area contributed by atoms with Crippen molar-refractivity contribution in [1.82, 2.24) is 16.0 Å². The molecule has 1 unspecified atom stereocenters. The lowest BCUT2D eigenvalue weighted by molar-refractivity contribution is -0.122. The van der Waals surface area contributed by atoms with Crippen molar-refractivity contribution in [2.75, 3.05) is 26.7 Å². The summed E-state index contributed by atoms with van der Waals surface area (Å²) in [4.78, 5) is 22.3. The number of rotatable bonds is 6. The Kier molecular flexibility index (Phi) is 5.85. The fraction of sp³-hybridized carbons (Fsp3) is 0.818. The summed E-state index contributed by atoms with van der Waals surface area (Å²) in [5.74, 6) is 0.654. The minimum atomic E-state index is -0.0414. The lowest BCUT2D eigenvalue weighted by Crippen LogP contribution is -2.29. The van der Waals surface area contributed by atoms with Gasteiger partial charge >= 0.3 is 0 Å². The molecule has 0 radical (unpaired) electrons. The highest BCUT2D eigenvalue weighted by Crippen LogP contribution is 2.13. The van der Waals surface area contributed by atoms with E-state index < -0.39 is 0 Å². The van der Waals surface area contributed by atoms with Crippen LogP contribution in [0.1, 0.15) is 25.7 Å². The molecule has 0 bridgehead atoms. The Balaban J connectivity index is 2.00. The standard InChI is InChI=1S/C11H21N3O2/c1-12-10(15)5-7-14-11(16)3-2-9-4-6-13-8-9/h9,13H,2-8H2,1H3,(H,12,15)(H,14,16). The van der Waals surface area contributed by atoms with Gasteiger partial charge < -0.3 is 16.0 Å². The maximum atomic E-state index is 11.4. The summed E-state index contributed by atoms with van der Waals surface area (Å²) in [6.07, 6.45) is 3.04. The van der Waals surface area contributed by atoms with Crippen molar-refractivity contribution in [2.24, 2.45) is 5.92 Å². The maximum Gasteiger partial charge on any atom is 0.221 e. The molecule has 2 amide bonds. The molecule has 5 nitrogen and oxygen atoms in total. The van der Waals surface area contributed by atoms with Gasteiger partial charge in [0.15, 0.2) is 0 Å². The van der Waals surface area contributed by atoms with Crippen LogP contribution in [-0.2, 0) is 9.59 Å². The van der Waals surface area contributed by atoms with E-state index in [1.54, 1.807) is 7.05 Å². The second kappa shape index (κ2) is 7.22. The molecule has 1 rings (SSSR count). The quantitative estimate of drug-likeness (QED) is 0.580. The van der Waals surface area contributed by atoms with Gasteiger partial charge in [-0.1, -0.05) is 0 Å². The molecular formula is C11H21N3O2. The molecule has 0 saturated carbocycles. The third kappa shape index (κ3) is 5.11. The molecule has 5 heteroatoms. The second-order valence-electron chi connectivity index (χ2n) is 4.17. The molecule has 0 aromatic rings. The number of hydrogen-bond acceptors (Lipinski definition) is 3. The molecule has 1 atom stereocenters. The Morgan fingerprint density at radius 3 is 2.75 bits per heavy atom. The predicted molar refractivity (Wildman–Crippen MR) is 61.9 cm³/mol. The molecule has 92 valence electrons. The van der Waals surface area contributed by atoms with Gasteiger partial charge in [0.2, 0.25) is 11.8 Å². The third-order valence-electron chi connectivity index (χ3n) is 2.90. The van der Waals surface area contributed by atoms with Gasteiger partial charge in [-0.2, -0.15) is 0 Å². The summed E-state index contributed by atoms with van der Waals surface area (Å²) >= 11 is 0. The number of nitrogens with one attached hydrogen (secondary N) is 3. The van der Waals surface area contributed by atoms with E-state index in [2.05, 4.69) is 16.0 Å². The molecule has 0 aromatic heterocycles. The monoisotopic (exact) mass is 227 g/mol. The first-order valence-corrected chi connectivity index (χ1v) is 5.90. The van der Waals surface area contributed by atoms with E-state index in [1.165, 1.54) is 6.42 Å². The van der Waals surface area contributed by atoms with Crippen LogP contribution in [0.25, 0.3) is 0 Å². The van der Waals surface area contributed by atoms with Crippen molar-refractivity contribution in [3.63, 3.8) is 0 Å². The van der Waals surface area contributed by atoms with Crippen LogP contribution >= 0.6 is 0 Å². The van der Waals surface area contributed by atoms with E-state index in [1.807, 2.05) is 0 Å². The fourth-order valence-corrected chi connectivity index (χ4v) is 1.82. The van der Waals surface area contributed by atoms with Crippen molar-refractivity contribution in [1.29, 1.82) is 0 Å². The van der Waals surface area contributed by atoms with Gasteiger partial charge in [0, 0.05) is 26.4 Å². The molecule has 1 saturated heterocycles. The summed E-state index contributed by atoms with van der Waals surface area (Å²) in [7, 11) is 1.59. The summed E-state index contributed by atoms with van der Waals surface area (Å²) in [6, 6.07) is 0. The Hall–Kier alpha value is -1.10. The van der Waals surface area contributed by atoms with Crippen LogP contribution in [0, 0.1) is 5.92 Å². The average molecular weight is 227 g/mol. The molecule has 1 heterocycles. The zero-order chi connectivity index (χ0) is 11.8. The fourth-order valence-electron chi connectivity index (χ4n) is 1.82. The van der Waals surface area contributed by atoms with Crippen LogP contribution in [0.2, 0.25) is 0 Å². The Morgan fingerprint density at radius 2 is 2.12 bits per heavy atom. The summed E-state index contributed by atoms with van der Waals surface area (Å²) in [5.41, 5.74) is 0. The third-order valence-corrected chi connectivity index (χ3v) is 2.90. The molecule has 1 aliphatic heterocycles. The minimum Gasteiger partial charge on any atom is -0.359 e. The summed E-state index contributed by atoms with van der Waals surface area (Å²) in [5, 5.41) is 8.55. The van der Waals surface area contributed by atoms with Crippen LogP contribution in [0.4, 0.5) is 0 Å². The van der Waals surface area contributed by atoms with Crippen LogP contribution in [0.15, 0.2) is 0 Å². The molecule has 3 N–H and O–H groups in total. The largest absolute Gasteiger partial charge is 0.359 e. The molecule has 0 aliphatic carbocycles. The van der Waals surface area contributed by atoms with Gasteiger partial charge in [-0.3, -0.25) is 9.59 Å². The van der Waals surface area contributed by atoms with Gasteiger partial charge in [-0.15, -0.1) is 0 Å². The zero-order valence-corrected chi connectivity index (χ0v) is 9.84. The van der Waals surface area contributed by atoms with Gasteiger partial charge in [-0.05, 0) is 31.8 Å². The smallest absolute Gasteiger partial charge is 0.221 e. The lowest BCUT2D eigenvalue weighted by atomic mass is 10.0. The number of carbonyl (C=O) groups excluding carboxylic acids is 2. The van der Waals surface area contributed by atoms with Crippen LogP contribution < -0.4 is 16.0 Å². The highest BCUT2D eigenvalue weighted by Gasteiger charge is 2.15. The van der Waals surface area contributed by atoms with E-state index >= 15 is 0 Å². The molecule has 0 aromatic carbocycles. The normalized spacial score (nSPS) is 19.4. The summed E-state index contributed by atoms with van der Waals surface area (Å²) < 4.78 is 0. The van der Waals surface area contributed by atoms with Crippen molar-refractivity contribution in [2.45, 2.75) is 25.7 Å². The Bertz CT molecular complexity index is 237. The van der Waals surface area contributed by atoms with Crippen molar-refractivity contribution in [3.8, 4) is 0 Å². The summed E-state index contributed by atoms with van der Waals surface area (Å²) in [6.45, 7) is 2.54. The van der Waals surface area contributed by atoms with Crippen molar-refractivity contribution < 1.29 is 9.59 Å². The Labute approximate surface area is 96.4 Å². The molecule has 16 heavy (non-hydrogen) atoms. The van der Waals surface area contributed by atoms with Gasteiger partial charge in [0.25, 0.3) is 0 Å². The first-order chi connectivity index (χ1) is 7.72. The predicted octanol–water partition coefficient (Wildman–Crippen LogP) is -0.372. The van der Waals surface area contributed by atoms with Crippen LogP contribution in [0.5, 0.6) is 0 Å². The molecule has 1 aliphatic rings. The average Bonchev–Trinajstić information content (AvgIpc) is 2.79. The van der Waals surface area contributed by atoms with Gasteiger partial charge in [0.1, 0.15) is 0 Å². The minimum absolute atomic E-state index is 0.0414. The topological polar surface area (TPSA) is 70.2 Å². The van der Waals surface area contributed by atoms with E-state index in [0.717, 1.165) is 19.5 Å². The number of hydrogen-bond donors (Lipinski definition) is 3.